The minimum absolute atomic E-state index is 0.0898. The lowest BCUT2D eigenvalue weighted by molar-refractivity contribution is -0.176. The highest BCUT2D eigenvalue weighted by Crippen LogP contribution is 2.16. The number of aliphatic imine (C=N–C) groups is 1. The summed E-state index contributed by atoms with van der Waals surface area (Å²) in [5, 5.41) is 6.04. The number of guanidine groups is 1. The third kappa shape index (κ3) is 10.6. The van der Waals surface area contributed by atoms with E-state index in [1.807, 2.05) is 6.92 Å². The molecular formula is C19H27F3N4O2. The highest BCUT2D eigenvalue weighted by molar-refractivity contribution is 5.86. The summed E-state index contributed by atoms with van der Waals surface area (Å²) in [6.07, 6.45) is -4.33. The fourth-order valence-electron chi connectivity index (χ4n) is 1.92. The van der Waals surface area contributed by atoms with E-state index in [1.165, 1.54) is 4.90 Å². The number of hydrogen-bond acceptors (Lipinski definition) is 3. The third-order valence-corrected chi connectivity index (χ3v) is 3.44. The van der Waals surface area contributed by atoms with Crippen LogP contribution in [0.2, 0.25) is 0 Å². The summed E-state index contributed by atoms with van der Waals surface area (Å²) in [7, 11) is 3.34. The van der Waals surface area contributed by atoms with Gasteiger partial charge in [0, 0.05) is 20.6 Å². The van der Waals surface area contributed by atoms with Gasteiger partial charge in [-0.1, -0.05) is 36.4 Å². The molecule has 0 aliphatic heterocycles. The van der Waals surface area contributed by atoms with Gasteiger partial charge in [0.15, 0.2) is 5.96 Å². The van der Waals surface area contributed by atoms with Crippen LogP contribution < -0.4 is 10.6 Å². The molecule has 6 nitrogen and oxygen atoms in total. The summed E-state index contributed by atoms with van der Waals surface area (Å²) in [4.78, 5) is 17.6. The Morgan fingerprint density at radius 2 is 1.71 bits per heavy atom. The van der Waals surface area contributed by atoms with Gasteiger partial charge >= 0.3 is 6.18 Å². The number of carbonyl (C=O) groups is 1. The molecule has 0 saturated heterocycles. The normalized spacial score (nSPS) is 11.9. The number of carbonyl (C=O) groups excluding carboxylic acids is 1. The van der Waals surface area contributed by atoms with Gasteiger partial charge in [0.05, 0.1) is 19.7 Å². The molecule has 0 aliphatic rings. The average Bonchev–Trinajstić information content (AvgIpc) is 2.60. The van der Waals surface area contributed by atoms with E-state index in [0.717, 1.165) is 11.1 Å². The summed E-state index contributed by atoms with van der Waals surface area (Å²) in [6, 6.07) is 6.95. The van der Waals surface area contributed by atoms with Crippen LogP contribution in [-0.4, -0.2) is 56.7 Å². The molecule has 1 rings (SSSR count). The maximum Gasteiger partial charge on any atom is 0.411 e. The Morgan fingerprint density at radius 3 is 2.25 bits per heavy atom. The molecule has 0 aliphatic carbocycles. The smallest absolute Gasteiger partial charge is 0.367 e. The minimum Gasteiger partial charge on any atom is -0.367 e. The fourth-order valence-corrected chi connectivity index (χ4v) is 1.92. The van der Waals surface area contributed by atoms with Crippen molar-refractivity contribution in [3.8, 4) is 0 Å². The van der Waals surface area contributed by atoms with Crippen molar-refractivity contribution in [2.45, 2.75) is 26.3 Å². The molecule has 156 valence electrons. The van der Waals surface area contributed by atoms with Gasteiger partial charge in [0.25, 0.3) is 0 Å². The molecule has 0 bridgehead atoms. The second-order valence-corrected chi connectivity index (χ2v) is 6.54. The lowest BCUT2D eigenvalue weighted by Gasteiger charge is -2.15. The molecule has 0 aromatic heterocycles. The van der Waals surface area contributed by atoms with E-state index in [-0.39, 0.29) is 19.1 Å². The van der Waals surface area contributed by atoms with E-state index in [9.17, 15) is 18.0 Å². The van der Waals surface area contributed by atoms with Crippen LogP contribution in [0.1, 0.15) is 18.1 Å². The molecule has 0 spiro atoms. The third-order valence-electron chi connectivity index (χ3n) is 3.44. The molecule has 2 N–H and O–H groups in total. The monoisotopic (exact) mass is 400 g/mol. The van der Waals surface area contributed by atoms with Crippen LogP contribution in [0.3, 0.4) is 0 Å². The summed E-state index contributed by atoms with van der Waals surface area (Å²) in [6.45, 7) is 5.26. The summed E-state index contributed by atoms with van der Waals surface area (Å²) < 4.78 is 40.9. The number of ether oxygens (including phenoxy) is 1. The highest BCUT2D eigenvalue weighted by atomic mass is 19.4. The molecule has 0 radical (unpaired) electrons. The standard InChI is InChI=1S/C19H27F3N4O2/c1-14(2)9-23-18(25-11-17(27)26(3)4)24-10-15-5-7-16(8-6-15)12-28-13-19(20,21)22/h5-8H,1,9-13H2,2-4H3,(H2,23,24,25). The Bertz CT molecular complexity index is 671. The Hall–Kier alpha value is -2.55. The van der Waals surface area contributed by atoms with Crippen LogP contribution in [0.4, 0.5) is 13.2 Å². The minimum atomic E-state index is -4.33. The van der Waals surface area contributed by atoms with Crippen molar-refractivity contribution in [1.29, 1.82) is 0 Å². The first-order valence-corrected chi connectivity index (χ1v) is 8.66. The number of halogens is 3. The van der Waals surface area contributed by atoms with Crippen molar-refractivity contribution in [3.05, 3.63) is 47.5 Å². The van der Waals surface area contributed by atoms with Gasteiger partial charge in [-0.05, 0) is 18.1 Å². The predicted octanol–water partition coefficient (Wildman–Crippen LogP) is 2.47. The van der Waals surface area contributed by atoms with E-state index in [0.29, 0.717) is 24.6 Å². The van der Waals surface area contributed by atoms with Gasteiger partial charge in [-0.2, -0.15) is 13.2 Å². The molecule has 9 heteroatoms. The molecule has 28 heavy (non-hydrogen) atoms. The lowest BCUT2D eigenvalue weighted by Crippen LogP contribution is -2.43. The number of hydrogen-bond donors (Lipinski definition) is 2. The van der Waals surface area contributed by atoms with Gasteiger partial charge < -0.3 is 20.3 Å². The van der Waals surface area contributed by atoms with Crippen molar-refractivity contribution >= 4 is 11.9 Å². The van der Waals surface area contributed by atoms with Gasteiger partial charge in [-0.25, -0.2) is 4.99 Å². The Kier molecular flexibility index (Phi) is 9.50. The van der Waals surface area contributed by atoms with Crippen molar-refractivity contribution in [2.75, 3.05) is 33.8 Å². The second kappa shape index (κ2) is 11.3. The number of likely N-dealkylation sites (N-methyl/N-ethyl adjacent to an activating group) is 1. The first-order valence-electron chi connectivity index (χ1n) is 8.66. The van der Waals surface area contributed by atoms with Crippen LogP contribution in [0.5, 0.6) is 0 Å². The number of benzene rings is 1. The first kappa shape index (κ1) is 23.5. The van der Waals surface area contributed by atoms with Gasteiger partial charge in [0.2, 0.25) is 5.91 Å². The summed E-state index contributed by atoms with van der Waals surface area (Å²) in [5.41, 5.74) is 2.43. The quantitative estimate of drug-likeness (QED) is 0.380. The maximum absolute atomic E-state index is 12.1. The zero-order chi connectivity index (χ0) is 21.2. The number of nitrogens with one attached hydrogen (secondary N) is 2. The molecule has 1 amide bonds. The van der Waals surface area contributed by atoms with E-state index in [2.05, 4.69) is 26.9 Å². The van der Waals surface area contributed by atoms with Crippen molar-refractivity contribution in [3.63, 3.8) is 0 Å². The topological polar surface area (TPSA) is 66.0 Å². The average molecular weight is 400 g/mol. The number of rotatable bonds is 9. The van der Waals surface area contributed by atoms with Crippen LogP contribution >= 0.6 is 0 Å². The van der Waals surface area contributed by atoms with E-state index >= 15 is 0 Å². The molecule has 1 aromatic carbocycles. The molecule has 0 atom stereocenters. The molecular weight excluding hydrogens is 373 g/mol. The van der Waals surface area contributed by atoms with Crippen molar-refractivity contribution < 1.29 is 22.7 Å². The predicted molar refractivity (Wildman–Crippen MR) is 103 cm³/mol. The SMILES string of the molecule is C=C(C)CNC(=NCc1ccc(COCC(F)(F)F)cc1)NCC(=O)N(C)C. The summed E-state index contributed by atoms with van der Waals surface area (Å²) in [5.74, 6) is 0.379. The Morgan fingerprint density at radius 1 is 1.14 bits per heavy atom. The molecule has 0 fully saturated rings. The van der Waals surface area contributed by atoms with E-state index in [1.54, 1.807) is 38.4 Å². The van der Waals surface area contributed by atoms with Gasteiger partial charge in [-0.15, -0.1) is 0 Å². The van der Waals surface area contributed by atoms with Gasteiger partial charge in [-0.3, -0.25) is 4.79 Å². The van der Waals surface area contributed by atoms with Crippen LogP contribution in [0, 0.1) is 0 Å². The van der Waals surface area contributed by atoms with Crippen LogP contribution in [0.25, 0.3) is 0 Å². The number of alkyl halides is 3. The zero-order valence-corrected chi connectivity index (χ0v) is 16.4. The molecule has 0 unspecified atom stereocenters. The second-order valence-electron chi connectivity index (χ2n) is 6.54. The Labute approximate surface area is 163 Å². The first-order chi connectivity index (χ1) is 13.1. The largest absolute Gasteiger partial charge is 0.411 e. The molecule has 1 aromatic rings. The lowest BCUT2D eigenvalue weighted by atomic mass is 10.1. The highest BCUT2D eigenvalue weighted by Gasteiger charge is 2.27. The van der Waals surface area contributed by atoms with Crippen molar-refractivity contribution in [2.24, 2.45) is 4.99 Å². The zero-order valence-electron chi connectivity index (χ0n) is 16.4. The van der Waals surface area contributed by atoms with Crippen LogP contribution in [0.15, 0.2) is 41.4 Å². The van der Waals surface area contributed by atoms with E-state index in [4.69, 9.17) is 0 Å². The number of nitrogens with zero attached hydrogens (tertiary/aromatic N) is 2. The summed E-state index contributed by atoms with van der Waals surface area (Å²) >= 11 is 0. The van der Waals surface area contributed by atoms with Gasteiger partial charge in [0.1, 0.15) is 6.61 Å². The molecule has 0 heterocycles. The van der Waals surface area contributed by atoms with Crippen LogP contribution in [-0.2, 0) is 22.7 Å². The molecule has 0 saturated carbocycles. The number of amides is 1. The van der Waals surface area contributed by atoms with E-state index < -0.39 is 12.8 Å². The fraction of sp³-hybridized carbons (Fsp3) is 0.474. The maximum atomic E-state index is 12.1. The Balaban J connectivity index is 2.62. The van der Waals surface area contributed by atoms with Crippen molar-refractivity contribution in [1.82, 2.24) is 15.5 Å².